The standard InChI is InChI=1S/C21H16ClIN2O4/c1-2-28-21(27)17-11-14(5-9-18(17)22)19-10-8-16(29-19)12-24-25-20(26)13-3-6-15(23)7-4-13/h3-12H,2H2,1H3,(H,25,26)/b24-12-. The van der Waals surface area contributed by atoms with E-state index in [1.165, 1.54) is 6.21 Å². The third-order valence-corrected chi connectivity index (χ3v) is 4.89. The van der Waals surface area contributed by atoms with Crippen LogP contribution in [0.5, 0.6) is 0 Å². The second kappa shape index (κ2) is 9.71. The molecule has 1 aromatic heterocycles. The van der Waals surface area contributed by atoms with E-state index < -0.39 is 5.97 Å². The summed E-state index contributed by atoms with van der Waals surface area (Å²) in [7, 11) is 0. The minimum atomic E-state index is -0.494. The first-order chi connectivity index (χ1) is 14.0. The highest BCUT2D eigenvalue weighted by atomic mass is 127. The van der Waals surface area contributed by atoms with E-state index in [9.17, 15) is 9.59 Å². The molecular weight excluding hydrogens is 507 g/mol. The fourth-order valence-corrected chi connectivity index (χ4v) is 3.00. The van der Waals surface area contributed by atoms with Crippen molar-refractivity contribution in [3.63, 3.8) is 0 Å². The molecule has 0 saturated carbocycles. The zero-order valence-electron chi connectivity index (χ0n) is 15.3. The van der Waals surface area contributed by atoms with E-state index in [0.29, 0.717) is 27.7 Å². The van der Waals surface area contributed by atoms with Crippen molar-refractivity contribution in [1.82, 2.24) is 5.43 Å². The lowest BCUT2D eigenvalue weighted by atomic mass is 10.1. The summed E-state index contributed by atoms with van der Waals surface area (Å²) >= 11 is 8.25. The van der Waals surface area contributed by atoms with Crippen molar-refractivity contribution in [1.29, 1.82) is 0 Å². The van der Waals surface area contributed by atoms with Crippen LogP contribution in [0.25, 0.3) is 11.3 Å². The van der Waals surface area contributed by atoms with Crippen LogP contribution in [0.3, 0.4) is 0 Å². The lowest BCUT2D eigenvalue weighted by molar-refractivity contribution is 0.0526. The predicted molar refractivity (Wildman–Crippen MR) is 119 cm³/mol. The maximum atomic E-state index is 12.0. The molecule has 3 rings (SSSR count). The summed E-state index contributed by atoms with van der Waals surface area (Å²) in [4.78, 5) is 24.0. The number of amides is 1. The molecule has 148 valence electrons. The molecule has 0 unspecified atom stereocenters. The number of hydrogen-bond acceptors (Lipinski definition) is 5. The molecule has 0 radical (unpaired) electrons. The number of rotatable bonds is 6. The third-order valence-electron chi connectivity index (χ3n) is 3.84. The average molecular weight is 523 g/mol. The van der Waals surface area contributed by atoms with Gasteiger partial charge in [-0.25, -0.2) is 10.2 Å². The van der Waals surface area contributed by atoms with Gasteiger partial charge in [0.05, 0.1) is 23.4 Å². The second-order valence-corrected chi connectivity index (χ2v) is 7.48. The van der Waals surface area contributed by atoms with Crippen molar-refractivity contribution in [2.45, 2.75) is 6.92 Å². The van der Waals surface area contributed by atoms with Crippen molar-refractivity contribution in [2.24, 2.45) is 5.10 Å². The number of hydrazone groups is 1. The maximum Gasteiger partial charge on any atom is 0.339 e. The van der Waals surface area contributed by atoms with Crippen molar-refractivity contribution in [3.05, 3.63) is 80.1 Å². The number of nitrogens with zero attached hydrogens (tertiary/aromatic N) is 1. The first kappa shape index (κ1) is 21.1. The van der Waals surface area contributed by atoms with Crippen molar-refractivity contribution in [2.75, 3.05) is 6.61 Å². The van der Waals surface area contributed by atoms with Crippen molar-refractivity contribution < 1.29 is 18.7 Å². The van der Waals surface area contributed by atoms with E-state index in [0.717, 1.165) is 3.57 Å². The molecule has 29 heavy (non-hydrogen) atoms. The number of nitrogens with one attached hydrogen (secondary N) is 1. The molecular formula is C21H16ClIN2O4. The zero-order valence-corrected chi connectivity index (χ0v) is 18.2. The van der Waals surface area contributed by atoms with Crippen LogP contribution < -0.4 is 5.43 Å². The Labute approximate surface area is 186 Å². The molecule has 8 heteroatoms. The highest BCUT2D eigenvalue weighted by Crippen LogP contribution is 2.27. The van der Waals surface area contributed by atoms with Crippen molar-refractivity contribution in [3.8, 4) is 11.3 Å². The summed E-state index contributed by atoms with van der Waals surface area (Å²) in [6.45, 7) is 1.99. The number of halogens is 2. The Morgan fingerprint density at radius 1 is 1.17 bits per heavy atom. The molecule has 0 bridgehead atoms. The fourth-order valence-electron chi connectivity index (χ4n) is 2.44. The highest BCUT2D eigenvalue weighted by Gasteiger charge is 2.14. The Kier molecular flexibility index (Phi) is 7.05. The summed E-state index contributed by atoms with van der Waals surface area (Å²) in [5, 5.41) is 4.22. The molecule has 0 aliphatic carbocycles. The van der Waals surface area contributed by atoms with Gasteiger partial charge in [0.25, 0.3) is 5.91 Å². The average Bonchev–Trinajstić information content (AvgIpc) is 3.18. The molecule has 1 N–H and O–H groups in total. The number of carbonyl (C=O) groups excluding carboxylic acids is 2. The molecule has 0 aliphatic heterocycles. The number of ether oxygens (including phenoxy) is 1. The van der Waals surface area contributed by atoms with E-state index in [1.807, 2.05) is 12.1 Å². The predicted octanol–water partition coefficient (Wildman–Crippen LogP) is 5.15. The van der Waals surface area contributed by atoms with E-state index in [1.54, 1.807) is 49.4 Å². The molecule has 1 heterocycles. The monoisotopic (exact) mass is 522 g/mol. The molecule has 2 aromatic carbocycles. The topological polar surface area (TPSA) is 80.9 Å². The molecule has 6 nitrogen and oxygen atoms in total. The molecule has 0 spiro atoms. The quantitative estimate of drug-likeness (QED) is 0.210. The van der Waals surface area contributed by atoms with Crippen LogP contribution in [-0.4, -0.2) is 24.7 Å². The lowest BCUT2D eigenvalue weighted by Crippen LogP contribution is -2.17. The lowest BCUT2D eigenvalue weighted by Gasteiger charge is -2.05. The second-order valence-electron chi connectivity index (χ2n) is 5.82. The molecule has 0 aliphatic rings. The van der Waals surface area contributed by atoms with Gasteiger partial charge in [-0.15, -0.1) is 0 Å². The largest absolute Gasteiger partial charge is 0.462 e. The Bertz CT molecular complexity index is 1060. The SMILES string of the molecule is CCOC(=O)c1cc(-c2ccc(/C=N\NC(=O)c3ccc(I)cc3)o2)ccc1Cl. The molecule has 1 amide bonds. The molecule has 0 saturated heterocycles. The van der Waals surface area contributed by atoms with Gasteiger partial charge in [0.1, 0.15) is 11.5 Å². The summed E-state index contributed by atoms with van der Waals surface area (Å²) in [5.74, 6) is 0.153. The van der Waals surface area contributed by atoms with Crippen LogP contribution in [0.2, 0.25) is 5.02 Å². The van der Waals surface area contributed by atoms with E-state index in [2.05, 4.69) is 33.1 Å². The van der Waals surface area contributed by atoms with Gasteiger partial charge in [0.2, 0.25) is 0 Å². The first-order valence-corrected chi connectivity index (χ1v) is 10.1. The van der Waals surface area contributed by atoms with Gasteiger partial charge in [-0.3, -0.25) is 4.79 Å². The van der Waals surface area contributed by atoms with Crippen molar-refractivity contribution >= 4 is 52.3 Å². The zero-order chi connectivity index (χ0) is 20.8. The van der Waals surface area contributed by atoms with E-state index in [-0.39, 0.29) is 18.1 Å². The van der Waals surface area contributed by atoms with Gasteiger partial charge in [-0.2, -0.15) is 5.10 Å². The smallest absolute Gasteiger partial charge is 0.339 e. The Hall–Kier alpha value is -2.65. The molecule has 0 atom stereocenters. The maximum absolute atomic E-state index is 12.0. The number of hydrogen-bond donors (Lipinski definition) is 1. The van der Waals surface area contributed by atoms with Gasteiger partial charge in [0.15, 0.2) is 0 Å². The van der Waals surface area contributed by atoms with Crippen LogP contribution in [0.4, 0.5) is 0 Å². The molecule has 0 fully saturated rings. The number of carbonyl (C=O) groups is 2. The van der Waals surface area contributed by atoms with Crippen LogP contribution in [0, 0.1) is 3.57 Å². The van der Waals surface area contributed by atoms with Gasteiger partial charge in [-0.05, 0) is 84.1 Å². The van der Waals surface area contributed by atoms with Crippen LogP contribution >= 0.6 is 34.2 Å². The van der Waals surface area contributed by atoms with Gasteiger partial charge in [-0.1, -0.05) is 11.6 Å². The van der Waals surface area contributed by atoms with Crippen LogP contribution in [0.15, 0.2) is 64.1 Å². The number of benzene rings is 2. The summed E-state index contributed by atoms with van der Waals surface area (Å²) in [5.41, 5.74) is 3.89. The minimum absolute atomic E-state index is 0.259. The summed E-state index contributed by atoms with van der Waals surface area (Å²) in [6, 6.07) is 15.5. The number of esters is 1. The normalized spacial score (nSPS) is 10.9. The fraction of sp³-hybridized carbons (Fsp3) is 0.0952. The van der Waals surface area contributed by atoms with Crippen LogP contribution in [-0.2, 0) is 4.74 Å². The third kappa shape index (κ3) is 5.45. The Balaban J connectivity index is 1.70. The summed E-state index contributed by atoms with van der Waals surface area (Å²) in [6.07, 6.45) is 1.40. The Morgan fingerprint density at radius 3 is 2.66 bits per heavy atom. The first-order valence-electron chi connectivity index (χ1n) is 8.63. The van der Waals surface area contributed by atoms with E-state index in [4.69, 9.17) is 20.8 Å². The highest BCUT2D eigenvalue weighted by molar-refractivity contribution is 14.1. The summed E-state index contributed by atoms with van der Waals surface area (Å²) < 4.78 is 11.8. The van der Waals surface area contributed by atoms with Gasteiger partial charge >= 0.3 is 5.97 Å². The number of furan rings is 1. The van der Waals surface area contributed by atoms with Crippen LogP contribution in [0.1, 0.15) is 33.4 Å². The molecule has 3 aromatic rings. The van der Waals surface area contributed by atoms with E-state index >= 15 is 0 Å². The Morgan fingerprint density at radius 2 is 1.93 bits per heavy atom. The minimum Gasteiger partial charge on any atom is -0.462 e. The van der Waals surface area contributed by atoms with Gasteiger partial charge < -0.3 is 9.15 Å². The van der Waals surface area contributed by atoms with Gasteiger partial charge in [0, 0.05) is 14.7 Å².